The summed E-state index contributed by atoms with van der Waals surface area (Å²) in [4.78, 5) is 42.4. The summed E-state index contributed by atoms with van der Waals surface area (Å²) >= 11 is 6.26. The number of sulfonamides is 1. The molecule has 0 spiro atoms. The van der Waals surface area contributed by atoms with Crippen LogP contribution in [0.25, 0.3) is 33.3 Å². The number of benzene rings is 3. The van der Waals surface area contributed by atoms with Crippen molar-refractivity contribution in [2.75, 3.05) is 70.9 Å². The van der Waals surface area contributed by atoms with Gasteiger partial charge in [-0.1, -0.05) is 43.2 Å². The number of likely N-dealkylation sites (N-methyl/N-ethyl adjacent to an activating group) is 1. The summed E-state index contributed by atoms with van der Waals surface area (Å²) in [6, 6.07) is 21.1. The number of fused-ring (bicyclic) bond motifs is 2. The fraction of sp³-hybridized carbons (Fsp3) is 0.370. The summed E-state index contributed by atoms with van der Waals surface area (Å²) in [6.45, 7) is 12.2. The van der Waals surface area contributed by atoms with Gasteiger partial charge in [0, 0.05) is 99.4 Å². The van der Waals surface area contributed by atoms with Crippen molar-refractivity contribution >= 4 is 66.5 Å². The second-order valence-electron chi connectivity index (χ2n) is 17.8. The highest BCUT2D eigenvalue weighted by atomic mass is 35.5. The number of nitrogens with one attached hydrogen (secondary N) is 2. The van der Waals surface area contributed by atoms with Crippen molar-refractivity contribution in [3.05, 3.63) is 123 Å². The summed E-state index contributed by atoms with van der Waals surface area (Å²) < 4.78 is 31.5. The van der Waals surface area contributed by atoms with Crippen molar-refractivity contribution < 1.29 is 18.1 Å². The molecule has 63 heavy (non-hydrogen) atoms. The first-order valence-corrected chi connectivity index (χ1v) is 23.2. The smallest absolute Gasteiger partial charge is 0.275 e. The van der Waals surface area contributed by atoms with Gasteiger partial charge >= 0.3 is 0 Å². The molecule has 0 atom stereocenters. The molecule has 2 fully saturated rings. The lowest BCUT2D eigenvalue weighted by molar-refractivity contribution is -0.386. The van der Waals surface area contributed by atoms with E-state index in [1.807, 2.05) is 43.4 Å². The van der Waals surface area contributed by atoms with E-state index in [1.165, 1.54) is 28.8 Å². The second-order valence-corrected chi connectivity index (χ2v) is 19.9. The van der Waals surface area contributed by atoms with Crippen molar-refractivity contribution in [1.29, 1.82) is 0 Å². The molecule has 0 radical (unpaired) electrons. The third kappa shape index (κ3) is 9.09. The largest absolute Gasteiger partial charge is 0.369 e. The van der Waals surface area contributed by atoms with Gasteiger partial charge in [0.25, 0.3) is 21.6 Å². The lowest BCUT2D eigenvalue weighted by Crippen LogP contribution is -2.47. The van der Waals surface area contributed by atoms with Gasteiger partial charge in [0.05, 0.1) is 32.8 Å². The van der Waals surface area contributed by atoms with Crippen LogP contribution < -0.4 is 9.62 Å². The lowest BCUT2D eigenvalue weighted by Gasteiger charge is -2.39. The Morgan fingerprint density at radius 3 is 2.40 bits per heavy atom. The molecule has 2 saturated heterocycles. The molecule has 1 aliphatic carbocycles. The monoisotopic (exact) mass is 890 g/mol. The van der Waals surface area contributed by atoms with Crippen molar-refractivity contribution in [2.24, 2.45) is 5.41 Å². The van der Waals surface area contributed by atoms with E-state index >= 15 is 0 Å². The average Bonchev–Trinajstić information content (AvgIpc) is 3.91. The first-order valence-electron chi connectivity index (χ1n) is 21.4. The summed E-state index contributed by atoms with van der Waals surface area (Å²) in [7, 11) is -2.52. The number of aromatic nitrogens is 4. The van der Waals surface area contributed by atoms with Gasteiger partial charge in [-0.15, -0.1) is 0 Å². The number of piperazine rings is 2. The number of pyridine rings is 1. The van der Waals surface area contributed by atoms with Gasteiger partial charge in [0.1, 0.15) is 11.2 Å². The fourth-order valence-corrected chi connectivity index (χ4v) is 10.2. The Bertz CT molecular complexity index is 2860. The molecule has 9 rings (SSSR count). The summed E-state index contributed by atoms with van der Waals surface area (Å²) in [5.41, 5.74) is 7.63. The Morgan fingerprint density at radius 2 is 1.65 bits per heavy atom. The zero-order valence-corrected chi connectivity index (χ0v) is 37.3. The highest BCUT2D eigenvalue weighted by molar-refractivity contribution is 7.90. The molecule has 5 heterocycles. The lowest BCUT2D eigenvalue weighted by atomic mass is 9.72. The van der Waals surface area contributed by atoms with Gasteiger partial charge in [-0.2, -0.15) is 5.10 Å². The summed E-state index contributed by atoms with van der Waals surface area (Å²) in [5, 5.41) is 18.5. The third-order valence-electron chi connectivity index (χ3n) is 12.8. The van der Waals surface area contributed by atoms with Crippen LogP contribution in [0.3, 0.4) is 0 Å². The van der Waals surface area contributed by atoms with E-state index < -0.39 is 20.9 Å². The van der Waals surface area contributed by atoms with Gasteiger partial charge in [0.15, 0.2) is 0 Å². The van der Waals surface area contributed by atoms with Gasteiger partial charge in [-0.25, -0.2) is 22.8 Å². The molecule has 3 aromatic heterocycles. The summed E-state index contributed by atoms with van der Waals surface area (Å²) in [5.74, 6) is -0.898. The van der Waals surface area contributed by atoms with Crippen LogP contribution in [-0.2, 0) is 16.6 Å². The third-order valence-corrected chi connectivity index (χ3v) is 14.4. The molecule has 2 aliphatic heterocycles. The van der Waals surface area contributed by atoms with E-state index in [0.29, 0.717) is 34.5 Å². The molecule has 17 heteroatoms. The van der Waals surface area contributed by atoms with E-state index in [4.69, 9.17) is 16.6 Å². The molecule has 0 saturated carbocycles. The Balaban J connectivity index is 0.982. The van der Waals surface area contributed by atoms with Crippen LogP contribution in [0.15, 0.2) is 95.7 Å². The number of hydrogen-bond acceptors (Lipinski definition) is 11. The van der Waals surface area contributed by atoms with E-state index in [1.54, 1.807) is 23.1 Å². The topological polar surface area (TPSA) is 166 Å². The van der Waals surface area contributed by atoms with E-state index in [0.717, 1.165) is 100 Å². The first-order chi connectivity index (χ1) is 30.2. The number of allylic oxidation sites excluding steroid dienone is 1. The highest BCUT2D eigenvalue weighted by Gasteiger charge is 2.31. The number of carbonyl (C=O) groups excluding carboxylic acids is 1. The van der Waals surface area contributed by atoms with Gasteiger partial charge < -0.3 is 14.8 Å². The minimum absolute atomic E-state index is 0.0585. The minimum Gasteiger partial charge on any atom is -0.369 e. The molecule has 3 aliphatic rings. The second kappa shape index (κ2) is 17.1. The molecule has 0 unspecified atom stereocenters. The van der Waals surface area contributed by atoms with E-state index in [-0.39, 0.29) is 21.6 Å². The first kappa shape index (κ1) is 42.6. The quantitative estimate of drug-likeness (QED) is 0.101. The molecule has 6 aromatic rings. The van der Waals surface area contributed by atoms with E-state index in [9.17, 15) is 23.3 Å². The summed E-state index contributed by atoms with van der Waals surface area (Å²) in [6.07, 6.45) is 6.62. The SMILES string of the molecule is CN1CCN(Cc2ccc(S(=O)(=O)NC(=O)c3ccc(N4CCN(CC5=C(c6ccc(Cl)cc6)CC(C)(C)CC5)CC4)cc3-n3ncc4nc5[nH]ccc5cc43)cc2[N+](=O)[O-])CC1. The van der Waals surface area contributed by atoms with Crippen LogP contribution in [0.4, 0.5) is 11.4 Å². The van der Waals surface area contributed by atoms with Gasteiger partial charge in [-0.05, 0) is 97.5 Å². The zero-order chi connectivity index (χ0) is 44.0. The standard InChI is InChI=1S/C46H51ClN10O5S/c1-46(2)14-12-33(39(27-46)31-4-7-35(47)8-5-31)29-54-20-22-55(23-21-54)36-9-11-38(42(25-36)56-43-24-32-13-15-48-44(32)50-40(43)28-49-56)45(58)51-63(61,62)37-10-6-34(41(26-37)57(59)60)30-53-18-16-52(3)17-19-53/h4-11,13,15,24-26,28H,12,14,16-23,27,29-30H2,1-3H3,(H,48,50)(H,51,58). The van der Waals surface area contributed by atoms with E-state index in [2.05, 4.69) is 60.4 Å². The minimum atomic E-state index is -4.55. The number of nitro groups is 1. The number of nitrogens with zero attached hydrogens (tertiary/aromatic N) is 8. The predicted molar refractivity (Wildman–Crippen MR) is 246 cm³/mol. The van der Waals surface area contributed by atoms with Crippen LogP contribution in [0.2, 0.25) is 5.02 Å². The maximum absolute atomic E-state index is 14.2. The molecular formula is C46H51ClN10O5S. The number of aromatic amines is 1. The number of carbonyl (C=O) groups is 1. The molecule has 15 nitrogen and oxygen atoms in total. The maximum Gasteiger partial charge on any atom is 0.275 e. The Hall–Kier alpha value is -5.65. The Morgan fingerprint density at radius 1 is 0.921 bits per heavy atom. The molecule has 1 amide bonds. The average molecular weight is 891 g/mol. The highest BCUT2D eigenvalue weighted by Crippen LogP contribution is 2.43. The van der Waals surface area contributed by atoms with Crippen molar-refractivity contribution in [3.8, 4) is 5.69 Å². The number of anilines is 1. The molecule has 0 bridgehead atoms. The van der Waals surface area contributed by atoms with Crippen LogP contribution in [0.1, 0.15) is 54.6 Å². The van der Waals surface area contributed by atoms with Crippen molar-refractivity contribution in [1.82, 2.24) is 39.2 Å². The number of hydrogen-bond donors (Lipinski definition) is 2. The number of nitro benzene ring substituents is 1. The van der Waals surface area contributed by atoms with Crippen LogP contribution in [-0.4, -0.2) is 120 Å². The predicted octanol–water partition coefficient (Wildman–Crippen LogP) is 7.12. The molecular weight excluding hydrogens is 840 g/mol. The van der Waals surface area contributed by atoms with Crippen LogP contribution in [0, 0.1) is 15.5 Å². The molecule has 2 N–H and O–H groups in total. The van der Waals surface area contributed by atoms with Crippen molar-refractivity contribution in [2.45, 2.75) is 44.6 Å². The van der Waals surface area contributed by atoms with Crippen LogP contribution in [0.5, 0.6) is 0 Å². The van der Waals surface area contributed by atoms with Crippen molar-refractivity contribution in [3.63, 3.8) is 0 Å². The normalized spacial score (nSPS) is 18.1. The molecule has 3 aromatic carbocycles. The molecule has 328 valence electrons. The van der Waals surface area contributed by atoms with Gasteiger partial charge in [-0.3, -0.25) is 24.7 Å². The van der Waals surface area contributed by atoms with Gasteiger partial charge in [0.2, 0.25) is 0 Å². The number of rotatable bonds is 11. The number of H-pyrrole nitrogens is 1. The number of amides is 1. The maximum atomic E-state index is 14.2. The fourth-order valence-electron chi connectivity index (χ4n) is 9.10. The van der Waals surface area contributed by atoms with Crippen LogP contribution >= 0.6 is 11.6 Å². The number of halogens is 1. The Kier molecular flexibility index (Phi) is 11.6. The Labute approximate surface area is 371 Å². The zero-order valence-electron chi connectivity index (χ0n) is 35.7.